The molecule has 6 heteroatoms. The number of fused-ring (bicyclic) bond motifs is 1. The summed E-state index contributed by atoms with van der Waals surface area (Å²) >= 11 is 6.50. The molecule has 0 saturated carbocycles. The Bertz CT molecular complexity index is 497. The third-order valence-corrected chi connectivity index (χ3v) is 4.20. The zero-order chi connectivity index (χ0) is 10.8. The minimum Gasteiger partial charge on any atom is -0.271 e. The largest absolute Gasteiger partial charge is 0.271 e. The van der Waals surface area contributed by atoms with E-state index >= 15 is 0 Å². The van der Waals surface area contributed by atoms with Crippen LogP contribution in [0.2, 0.25) is 0 Å². The van der Waals surface area contributed by atoms with Crippen LogP contribution in [0.1, 0.15) is 4.79 Å². The van der Waals surface area contributed by atoms with Gasteiger partial charge < -0.3 is 0 Å². The molecule has 0 fully saturated rings. The van der Waals surface area contributed by atoms with Gasteiger partial charge in [-0.3, -0.25) is 4.79 Å². The maximum atomic E-state index is 11.8. The van der Waals surface area contributed by atoms with Crippen LogP contribution in [0.3, 0.4) is 0 Å². The number of alkyl halides is 2. The molecule has 4 nitrogen and oxygen atoms in total. The van der Waals surface area contributed by atoms with E-state index in [0.717, 1.165) is 11.0 Å². The lowest BCUT2D eigenvalue weighted by Gasteiger charge is -2.04. The number of hydrogen-bond acceptors (Lipinski definition) is 3. The van der Waals surface area contributed by atoms with E-state index in [4.69, 9.17) is 0 Å². The van der Waals surface area contributed by atoms with E-state index in [9.17, 15) is 4.79 Å². The second-order valence-corrected chi connectivity index (χ2v) is 4.70. The highest BCUT2D eigenvalue weighted by Crippen LogP contribution is 2.13. The lowest BCUT2D eigenvalue weighted by atomic mass is 10.3. The number of aromatic nitrogens is 3. The van der Waals surface area contributed by atoms with Crippen LogP contribution in [0.25, 0.3) is 11.0 Å². The SMILES string of the molecule is O=C([C@@H](Br)CBr)n1nnc2ccccc21. The van der Waals surface area contributed by atoms with Gasteiger partial charge in [-0.2, -0.15) is 4.68 Å². The number of para-hydroxylation sites is 1. The number of rotatable bonds is 2. The van der Waals surface area contributed by atoms with Crippen LogP contribution in [0.15, 0.2) is 24.3 Å². The zero-order valence-electron chi connectivity index (χ0n) is 7.60. The van der Waals surface area contributed by atoms with Crippen LogP contribution in [0, 0.1) is 0 Å². The molecule has 1 aromatic carbocycles. The molecule has 78 valence electrons. The number of halogens is 2. The Kier molecular flexibility index (Phi) is 3.16. The smallest absolute Gasteiger partial charge is 0.263 e. The number of carbonyl (C=O) groups excluding carboxylic acids is 1. The molecule has 1 aromatic heterocycles. The molecule has 0 radical (unpaired) electrons. The fraction of sp³-hybridized carbons (Fsp3) is 0.222. The van der Waals surface area contributed by atoms with E-state index in [1.54, 1.807) is 0 Å². The predicted molar refractivity (Wildman–Crippen MR) is 64.7 cm³/mol. The van der Waals surface area contributed by atoms with Crippen LogP contribution in [0.5, 0.6) is 0 Å². The molecule has 0 bridgehead atoms. The topological polar surface area (TPSA) is 47.8 Å². The third-order valence-electron chi connectivity index (χ3n) is 1.96. The normalized spacial score (nSPS) is 12.9. The Hall–Kier alpha value is -0.750. The number of hydrogen-bond donors (Lipinski definition) is 0. The first-order chi connectivity index (χ1) is 7.24. The zero-order valence-corrected chi connectivity index (χ0v) is 10.8. The molecule has 0 spiro atoms. The lowest BCUT2D eigenvalue weighted by Crippen LogP contribution is -2.23. The van der Waals surface area contributed by atoms with Crippen LogP contribution >= 0.6 is 31.9 Å². The molecule has 15 heavy (non-hydrogen) atoms. The summed E-state index contributed by atoms with van der Waals surface area (Å²) in [5, 5.41) is 8.28. The lowest BCUT2D eigenvalue weighted by molar-refractivity contribution is 0.0906. The van der Waals surface area contributed by atoms with E-state index in [2.05, 4.69) is 42.2 Å². The van der Waals surface area contributed by atoms with Gasteiger partial charge in [0.1, 0.15) is 10.3 Å². The molecule has 0 aliphatic carbocycles. The van der Waals surface area contributed by atoms with Gasteiger partial charge >= 0.3 is 0 Å². The van der Waals surface area contributed by atoms with Gasteiger partial charge in [0.15, 0.2) is 0 Å². The predicted octanol–water partition coefficient (Wildman–Crippen LogP) is 2.23. The van der Waals surface area contributed by atoms with Crippen LogP contribution < -0.4 is 0 Å². The van der Waals surface area contributed by atoms with E-state index in [1.165, 1.54) is 4.68 Å². The van der Waals surface area contributed by atoms with Gasteiger partial charge in [0.05, 0.1) is 5.52 Å². The quantitative estimate of drug-likeness (QED) is 0.792. The summed E-state index contributed by atoms with van der Waals surface area (Å²) < 4.78 is 1.32. The van der Waals surface area contributed by atoms with E-state index in [0.29, 0.717) is 5.33 Å². The van der Waals surface area contributed by atoms with E-state index in [1.807, 2.05) is 24.3 Å². The van der Waals surface area contributed by atoms with Crippen molar-refractivity contribution >= 4 is 48.8 Å². The minimum absolute atomic E-state index is 0.124. The average Bonchev–Trinajstić information content (AvgIpc) is 2.70. The molecule has 0 saturated heterocycles. The maximum Gasteiger partial charge on any atom is 0.263 e. The first-order valence-electron chi connectivity index (χ1n) is 4.28. The molecule has 0 aliphatic heterocycles. The summed E-state index contributed by atoms with van der Waals surface area (Å²) in [7, 11) is 0. The molecular weight excluding hydrogens is 326 g/mol. The van der Waals surface area contributed by atoms with Crippen LogP contribution in [0.4, 0.5) is 0 Å². The molecule has 0 N–H and O–H groups in total. The highest BCUT2D eigenvalue weighted by Gasteiger charge is 2.18. The van der Waals surface area contributed by atoms with Crippen molar-refractivity contribution in [1.82, 2.24) is 15.0 Å². The van der Waals surface area contributed by atoms with E-state index in [-0.39, 0.29) is 10.7 Å². The summed E-state index contributed by atoms with van der Waals surface area (Å²) in [6.07, 6.45) is 0. The highest BCUT2D eigenvalue weighted by molar-refractivity contribution is 9.12. The second kappa shape index (κ2) is 4.40. The Morgan fingerprint density at radius 2 is 2.20 bits per heavy atom. The van der Waals surface area contributed by atoms with Crippen molar-refractivity contribution in [3.63, 3.8) is 0 Å². The minimum atomic E-state index is -0.289. The van der Waals surface area contributed by atoms with Gasteiger partial charge in [0.25, 0.3) is 5.91 Å². The van der Waals surface area contributed by atoms with Gasteiger partial charge in [0.2, 0.25) is 0 Å². The van der Waals surface area contributed by atoms with Crippen molar-refractivity contribution in [1.29, 1.82) is 0 Å². The first kappa shape index (κ1) is 10.8. The molecule has 0 unspecified atom stereocenters. The second-order valence-electron chi connectivity index (χ2n) is 2.95. The molecule has 1 heterocycles. The monoisotopic (exact) mass is 331 g/mol. The van der Waals surface area contributed by atoms with Gasteiger partial charge in [-0.05, 0) is 12.1 Å². The summed E-state index contributed by atoms with van der Waals surface area (Å²) in [6.45, 7) is 0. The van der Waals surface area contributed by atoms with E-state index < -0.39 is 0 Å². The van der Waals surface area contributed by atoms with Crippen molar-refractivity contribution < 1.29 is 4.79 Å². The third kappa shape index (κ3) is 1.96. The maximum absolute atomic E-state index is 11.8. The Labute approximate surface area is 103 Å². The number of nitrogens with zero attached hydrogens (tertiary/aromatic N) is 3. The van der Waals surface area contributed by atoms with Crippen molar-refractivity contribution in [3.8, 4) is 0 Å². The van der Waals surface area contributed by atoms with Crippen molar-refractivity contribution in [2.45, 2.75) is 4.83 Å². The fourth-order valence-electron chi connectivity index (χ4n) is 1.23. The summed E-state index contributed by atoms with van der Waals surface area (Å²) in [5.41, 5.74) is 1.45. The standard InChI is InChI=1S/C9H7Br2N3O/c10-5-6(11)9(15)14-8-4-2-1-3-7(8)12-13-14/h1-4,6H,5H2/t6-/m0/s1. The van der Waals surface area contributed by atoms with Gasteiger partial charge in [-0.15, -0.1) is 5.10 Å². The average molecular weight is 333 g/mol. The van der Waals surface area contributed by atoms with Gasteiger partial charge in [-0.25, -0.2) is 0 Å². The molecule has 0 aliphatic rings. The number of benzene rings is 1. The number of carbonyl (C=O) groups is 1. The summed E-state index contributed by atoms with van der Waals surface area (Å²) in [6, 6.07) is 7.36. The van der Waals surface area contributed by atoms with Crippen LogP contribution in [-0.4, -0.2) is 31.1 Å². The summed E-state index contributed by atoms with van der Waals surface area (Å²) in [5.74, 6) is -0.124. The molecule has 1 atom stereocenters. The Balaban J connectivity index is 2.48. The van der Waals surface area contributed by atoms with Gasteiger partial charge in [0, 0.05) is 5.33 Å². The first-order valence-corrected chi connectivity index (χ1v) is 6.32. The van der Waals surface area contributed by atoms with Crippen molar-refractivity contribution in [3.05, 3.63) is 24.3 Å². The Morgan fingerprint density at radius 3 is 2.93 bits per heavy atom. The highest BCUT2D eigenvalue weighted by atomic mass is 79.9. The Morgan fingerprint density at radius 1 is 1.47 bits per heavy atom. The summed E-state index contributed by atoms with van der Waals surface area (Å²) in [4.78, 5) is 11.5. The van der Waals surface area contributed by atoms with Crippen molar-refractivity contribution in [2.75, 3.05) is 5.33 Å². The van der Waals surface area contributed by atoms with Gasteiger partial charge in [-0.1, -0.05) is 49.2 Å². The molecular formula is C9H7Br2N3O. The molecule has 0 amide bonds. The fourth-order valence-corrected chi connectivity index (χ4v) is 1.70. The molecule has 2 rings (SSSR count). The molecule has 2 aromatic rings. The van der Waals surface area contributed by atoms with Crippen LogP contribution in [-0.2, 0) is 0 Å². The van der Waals surface area contributed by atoms with Crippen molar-refractivity contribution in [2.24, 2.45) is 0 Å².